The highest BCUT2D eigenvalue weighted by Gasteiger charge is 2.50. The normalized spacial score (nSPS) is 11.1. The van der Waals surface area contributed by atoms with Crippen LogP contribution in [0.5, 0.6) is 34.5 Å². The maximum absolute atomic E-state index is 13.8. The Balaban J connectivity index is 1.45. The highest BCUT2D eigenvalue weighted by Crippen LogP contribution is 2.29. The minimum atomic E-state index is -3.33. The molecule has 0 unspecified atom stereocenters. The van der Waals surface area contributed by atoms with Crippen molar-refractivity contribution >= 4 is 35.8 Å². The van der Waals surface area contributed by atoms with Crippen molar-refractivity contribution in [3.05, 3.63) is 179 Å². The molecule has 0 fully saturated rings. The molecule has 0 spiro atoms. The molecule has 0 aromatic heterocycles. The summed E-state index contributed by atoms with van der Waals surface area (Å²) >= 11 is 0. The van der Waals surface area contributed by atoms with E-state index in [1.165, 1.54) is 0 Å². The second-order valence-corrected chi connectivity index (χ2v) is 13.5. The van der Waals surface area contributed by atoms with Crippen LogP contribution in [0.3, 0.4) is 0 Å². The first-order valence-electron chi connectivity index (χ1n) is 18.7. The molecule has 0 amide bonds. The highest BCUT2D eigenvalue weighted by atomic mass is 16.9. The number of hydrogen-bond donors (Lipinski definition) is 6. The monoisotopic (exact) mass is 890 g/mol. The van der Waals surface area contributed by atoms with Gasteiger partial charge in [-0.25, -0.2) is 28.8 Å². The van der Waals surface area contributed by atoms with Gasteiger partial charge < -0.3 is 63.8 Å². The van der Waals surface area contributed by atoms with Crippen molar-refractivity contribution < 1.29 is 92.6 Å². The smallest absolute Gasteiger partial charge is 0.449 e. The van der Waals surface area contributed by atoms with Crippen molar-refractivity contribution in [2.45, 2.75) is 11.9 Å². The summed E-state index contributed by atoms with van der Waals surface area (Å²) in [6, 6.07) is 26.3. The first kappa shape index (κ1) is 45.4. The lowest BCUT2D eigenvalue weighted by Gasteiger charge is -2.34. The lowest BCUT2D eigenvalue weighted by Crippen LogP contribution is -2.52. The average Bonchev–Trinajstić information content (AvgIpc) is 3.27. The third-order valence-corrected chi connectivity index (χ3v) is 8.66. The molecule has 6 N–H and O–H groups in total. The van der Waals surface area contributed by atoms with Crippen LogP contribution >= 0.6 is 0 Å². The molecule has 0 aliphatic heterocycles. The van der Waals surface area contributed by atoms with Gasteiger partial charge in [0.05, 0.1) is 33.4 Å². The Hall–Kier alpha value is -9.10. The van der Waals surface area contributed by atoms with E-state index in [1.807, 2.05) is 0 Å². The number of benzene rings is 6. The summed E-state index contributed by atoms with van der Waals surface area (Å²) in [4.78, 5) is 82.6. The SMILES string of the molecule is O=C(OC(COCC(OC(=O)c1ccc(O)cc1)(OC(=O)c1ccc(O)cc1)OC(=O)c1ccc(O)cc1)(OC(=O)c1ccc(O)cc1)OC(=O)c1ccc(O)cc1)c1ccc(O)cc1. The molecule has 0 radical (unpaired) electrons. The molecular formula is C46H34O19. The third-order valence-electron chi connectivity index (χ3n) is 8.66. The first-order chi connectivity index (χ1) is 31.0. The predicted molar refractivity (Wildman–Crippen MR) is 217 cm³/mol. The highest BCUT2D eigenvalue weighted by molar-refractivity contribution is 5.94. The van der Waals surface area contributed by atoms with E-state index in [1.54, 1.807) is 0 Å². The molecule has 6 aromatic rings. The first-order valence-corrected chi connectivity index (χ1v) is 18.7. The van der Waals surface area contributed by atoms with E-state index in [2.05, 4.69) is 0 Å². The van der Waals surface area contributed by atoms with Crippen LogP contribution in [0.25, 0.3) is 0 Å². The fourth-order valence-electron chi connectivity index (χ4n) is 5.39. The number of ether oxygens (including phenoxy) is 7. The zero-order chi connectivity index (χ0) is 46.7. The Morgan fingerprint density at radius 1 is 0.277 bits per heavy atom. The number of hydrogen-bond acceptors (Lipinski definition) is 19. The van der Waals surface area contributed by atoms with E-state index in [4.69, 9.17) is 33.2 Å². The summed E-state index contributed by atoms with van der Waals surface area (Å²) in [6.45, 7) is -2.84. The quantitative estimate of drug-likeness (QED) is 0.0503. The van der Waals surface area contributed by atoms with Crippen molar-refractivity contribution in [2.24, 2.45) is 0 Å². The maximum atomic E-state index is 13.8. The fraction of sp³-hybridized carbons (Fsp3) is 0.0870. The van der Waals surface area contributed by atoms with Crippen LogP contribution in [0.1, 0.15) is 62.1 Å². The summed E-state index contributed by atoms with van der Waals surface area (Å²) < 4.78 is 39.2. The molecule has 6 aromatic carbocycles. The summed E-state index contributed by atoms with van der Waals surface area (Å²) in [5, 5.41) is 59.1. The second kappa shape index (κ2) is 19.7. The van der Waals surface area contributed by atoms with E-state index < -0.39 is 61.0 Å². The van der Waals surface area contributed by atoms with Gasteiger partial charge in [-0.1, -0.05) is 0 Å². The Morgan fingerprint density at radius 3 is 0.554 bits per heavy atom. The second-order valence-electron chi connectivity index (χ2n) is 13.5. The number of esters is 6. The van der Waals surface area contributed by atoms with Gasteiger partial charge in [-0.3, -0.25) is 0 Å². The molecule has 0 aliphatic rings. The topological polar surface area (TPSA) is 288 Å². The molecule has 332 valence electrons. The lowest BCUT2D eigenvalue weighted by atomic mass is 10.2. The van der Waals surface area contributed by atoms with Gasteiger partial charge in [0.25, 0.3) is 0 Å². The van der Waals surface area contributed by atoms with Crippen LogP contribution in [-0.4, -0.2) is 91.6 Å². The Kier molecular flexibility index (Phi) is 13.8. The van der Waals surface area contributed by atoms with Gasteiger partial charge in [-0.05, 0) is 146 Å². The van der Waals surface area contributed by atoms with Crippen molar-refractivity contribution in [1.29, 1.82) is 0 Å². The number of aromatic hydroxyl groups is 6. The molecule has 0 atom stereocenters. The minimum Gasteiger partial charge on any atom is -0.508 e. The third kappa shape index (κ3) is 12.1. The van der Waals surface area contributed by atoms with Crippen LogP contribution in [0.15, 0.2) is 146 Å². The molecule has 0 heterocycles. The van der Waals surface area contributed by atoms with Gasteiger partial charge in [0.1, 0.15) is 34.5 Å². The number of carbonyl (C=O) groups excluding carboxylic acids is 6. The van der Waals surface area contributed by atoms with Crippen LogP contribution in [0.2, 0.25) is 0 Å². The van der Waals surface area contributed by atoms with Gasteiger partial charge in [-0.15, -0.1) is 0 Å². The fourth-order valence-corrected chi connectivity index (χ4v) is 5.39. The standard InChI is InChI=1S/C46H34O19/c47-33-13-1-27(2-14-33)39(53)60-45(61-40(54)28-3-15-34(48)16-4-28,62-41(55)29-5-17-35(49)18-6-29)25-59-26-46(63-42(56)30-7-19-36(50)20-8-30,64-43(57)31-9-21-37(51)22-10-31)65-44(58)32-11-23-38(52)24-12-32/h1-24,47-52H,25-26H2. The number of phenols is 6. The van der Waals surface area contributed by atoms with E-state index >= 15 is 0 Å². The number of rotatable bonds is 16. The molecule has 6 rings (SSSR count). The lowest BCUT2D eigenvalue weighted by molar-refractivity contribution is -0.350. The van der Waals surface area contributed by atoms with Crippen LogP contribution in [0.4, 0.5) is 0 Å². The molecule has 19 heteroatoms. The van der Waals surface area contributed by atoms with Gasteiger partial charge in [0.15, 0.2) is 13.2 Å². The van der Waals surface area contributed by atoms with Crippen molar-refractivity contribution in [2.75, 3.05) is 13.2 Å². The van der Waals surface area contributed by atoms with E-state index in [9.17, 15) is 59.4 Å². The summed E-state index contributed by atoms with van der Waals surface area (Å²) in [5.41, 5.74) is -1.85. The van der Waals surface area contributed by atoms with Crippen LogP contribution < -0.4 is 0 Å². The van der Waals surface area contributed by atoms with Gasteiger partial charge in [0, 0.05) is 0 Å². The van der Waals surface area contributed by atoms with E-state index in [-0.39, 0.29) is 67.9 Å². The average molecular weight is 891 g/mol. The van der Waals surface area contributed by atoms with Crippen LogP contribution in [0, 0.1) is 0 Å². The molecule has 0 saturated carbocycles. The molecule has 19 nitrogen and oxygen atoms in total. The zero-order valence-corrected chi connectivity index (χ0v) is 33.3. The van der Waals surface area contributed by atoms with Crippen LogP contribution in [-0.2, 0) is 33.2 Å². The maximum Gasteiger partial charge on any atom is 0.449 e. The molecule has 0 bridgehead atoms. The van der Waals surface area contributed by atoms with E-state index in [0.29, 0.717) is 0 Å². The summed E-state index contributed by atoms with van der Waals surface area (Å²) in [6.07, 6.45) is 0. The predicted octanol–water partition coefficient (Wildman–Crippen LogP) is 5.69. The summed E-state index contributed by atoms with van der Waals surface area (Å²) in [5.74, 6) is -16.5. The number of carbonyl (C=O) groups is 6. The van der Waals surface area contributed by atoms with Crippen molar-refractivity contribution in [3.8, 4) is 34.5 Å². The molecule has 65 heavy (non-hydrogen) atoms. The summed E-state index contributed by atoms with van der Waals surface area (Å²) in [7, 11) is 0. The largest absolute Gasteiger partial charge is 0.508 e. The molecule has 0 saturated heterocycles. The van der Waals surface area contributed by atoms with Crippen molar-refractivity contribution in [1.82, 2.24) is 0 Å². The number of phenolic OH excluding ortho intramolecular Hbond substituents is 6. The Bertz CT molecular complexity index is 2190. The van der Waals surface area contributed by atoms with Gasteiger partial charge in [-0.2, -0.15) is 0 Å². The van der Waals surface area contributed by atoms with Crippen molar-refractivity contribution in [3.63, 3.8) is 0 Å². The molecular weight excluding hydrogens is 856 g/mol. The van der Waals surface area contributed by atoms with E-state index in [0.717, 1.165) is 146 Å². The minimum absolute atomic E-state index is 0.268. The van der Waals surface area contributed by atoms with Gasteiger partial charge in [0.2, 0.25) is 0 Å². The molecule has 0 aliphatic carbocycles. The van der Waals surface area contributed by atoms with Gasteiger partial charge >= 0.3 is 47.8 Å². The Labute approximate surface area is 366 Å². The Morgan fingerprint density at radius 2 is 0.415 bits per heavy atom. The zero-order valence-electron chi connectivity index (χ0n) is 33.3.